The van der Waals surface area contributed by atoms with Crippen LogP contribution < -0.4 is 10.1 Å². The molecule has 1 unspecified atom stereocenters. The Bertz CT molecular complexity index is 1090. The van der Waals surface area contributed by atoms with Gasteiger partial charge in [0, 0.05) is 12.4 Å². The standard InChI is InChI=1S/C24H24ClN3O4/c1-4-32-24(30)21(17-6-8-19(31-3)9-7-17)23(29)28-22-15(2)18(11-12-26-22)13-16-5-10-20(25)27-14-16/h5-12,14,21H,4,13H2,1-3H3,(H,26,28,29). The second-order valence-electron chi connectivity index (χ2n) is 7.06. The predicted octanol–water partition coefficient (Wildman–Crippen LogP) is 4.32. The number of hydrogen-bond donors (Lipinski definition) is 1. The van der Waals surface area contributed by atoms with Gasteiger partial charge in [-0.15, -0.1) is 0 Å². The van der Waals surface area contributed by atoms with Crippen molar-refractivity contribution < 1.29 is 19.1 Å². The minimum atomic E-state index is -1.13. The van der Waals surface area contributed by atoms with Crippen LogP contribution in [0.25, 0.3) is 0 Å². The number of anilines is 1. The summed E-state index contributed by atoms with van der Waals surface area (Å²) in [6, 6.07) is 12.2. The highest BCUT2D eigenvalue weighted by Gasteiger charge is 2.30. The van der Waals surface area contributed by atoms with Crippen LogP contribution in [0.1, 0.15) is 35.1 Å². The van der Waals surface area contributed by atoms with Crippen molar-refractivity contribution in [1.29, 1.82) is 0 Å². The molecule has 0 bridgehead atoms. The first kappa shape index (κ1) is 23.2. The summed E-state index contributed by atoms with van der Waals surface area (Å²) >= 11 is 5.86. The van der Waals surface area contributed by atoms with Crippen LogP contribution in [0.15, 0.2) is 54.9 Å². The van der Waals surface area contributed by atoms with E-state index in [4.69, 9.17) is 21.1 Å². The van der Waals surface area contributed by atoms with Crippen LogP contribution in [0.2, 0.25) is 5.15 Å². The molecule has 0 saturated carbocycles. The molecule has 2 aromatic heterocycles. The van der Waals surface area contributed by atoms with Crippen LogP contribution in [0.3, 0.4) is 0 Å². The van der Waals surface area contributed by atoms with E-state index in [1.54, 1.807) is 56.8 Å². The molecule has 0 aliphatic rings. The van der Waals surface area contributed by atoms with E-state index in [1.165, 1.54) is 0 Å². The molecule has 1 atom stereocenters. The first-order valence-corrected chi connectivity index (χ1v) is 10.5. The molecule has 0 saturated heterocycles. The maximum absolute atomic E-state index is 13.1. The van der Waals surface area contributed by atoms with E-state index in [2.05, 4.69) is 15.3 Å². The minimum absolute atomic E-state index is 0.167. The minimum Gasteiger partial charge on any atom is -0.497 e. The lowest BCUT2D eigenvalue weighted by Crippen LogP contribution is -2.30. The number of rotatable bonds is 8. The molecule has 7 nitrogen and oxygen atoms in total. The van der Waals surface area contributed by atoms with Gasteiger partial charge in [0.25, 0.3) is 0 Å². The van der Waals surface area contributed by atoms with Gasteiger partial charge in [0.2, 0.25) is 5.91 Å². The van der Waals surface area contributed by atoms with Gasteiger partial charge in [-0.05, 0) is 66.8 Å². The van der Waals surface area contributed by atoms with Gasteiger partial charge in [-0.25, -0.2) is 9.97 Å². The largest absolute Gasteiger partial charge is 0.497 e. The van der Waals surface area contributed by atoms with Gasteiger partial charge in [-0.1, -0.05) is 29.8 Å². The summed E-state index contributed by atoms with van der Waals surface area (Å²) in [6.45, 7) is 3.73. The number of nitrogens with zero attached hydrogens (tertiary/aromatic N) is 2. The summed E-state index contributed by atoms with van der Waals surface area (Å²) in [4.78, 5) is 34.1. The van der Waals surface area contributed by atoms with Gasteiger partial charge in [0.15, 0.2) is 5.92 Å². The number of benzene rings is 1. The highest BCUT2D eigenvalue weighted by Crippen LogP contribution is 2.25. The zero-order valence-electron chi connectivity index (χ0n) is 18.1. The Balaban J connectivity index is 1.85. The number of halogens is 1. The molecule has 0 aliphatic carbocycles. The lowest BCUT2D eigenvalue weighted by Gasteiger charge is -2.17. The Hall–Kier alpha value is -3.45. The molecule has 166 valence electrons. The summed E-state index contributed by atoms with van der Waals surface area (Å²) in [5.74, 6) is -1.27. The van der Waals surface area contributed by atoms with Gasteiger partial charge in [0.1, 0.15) is 16.7 Å². The molecule has 0 spiro atoms. The van der Waals surface area contributed by atoms with Crippen LogP contribution in [-0.2, 0) is 20.7 Å². The number of amides is 1. The monoisotopic (exact) mass is 453 g/mol. The molecule has 0 radical (unpaired) electrons. The normalized spacial score (nSPS) is 11.5. The summed E-state index contributed by atoms with van der Waals surface area (Å²) in [6.07, 6.45) is 3.93. The number of nitrogens with one attached hydrogen (secondary N) is 1. The van der Waals surface area contributed by atoms with Gasteiger partial charge in [-0.2, -0.15) is 0 Å². The zero-order valence-corrected chi connectivity index (χ0v) is 18.8. The van der Waals surface area contributed by atoms with E-state index in [9.17, 15) is 9.59 Å². The molecule has 3 rings (SSSR count). The third kappa shape index (κ3) is 5.62. The molecule has 8 heteroatoms. The second kappa shape index (κ2) is 10.7. The predicted molar refractivity (Wildman–Crippen MR) is 122 cm³/mol. The summed E-state index contributed by atoms with van der Waals surface area (Å²) in [5, 5.41) is 3.22. The molecule has 32 heavy (non-hydrogen) atoms. The Morgan fingerprint density at radius 2 is 1.84 bits per heavy atom. The third-order valence-corrected chi connectivity index (χ3v) is 5.20. The number of pyridine rings is 2. The molecule has 3 aromatic rings. The van der Waals surface area contributed by atoms with Gasteiger partial charge < -0.3 is 14.8 Å². The molecule has 1 amide bonds. The maximum Gasteiger partial charge on any atom is 0.323 e. The molecular formula is C24H24ClN3O4. The Morgan fingerprint density at radius 1 is 1.09 bits per heavy atom. The fraction of sp³-hybridized carbons (Fsp3) is 0.250. The van der Waals surface area contributed by atoms with Crippen molar-refractivity contribution in [2.24, 2.45) is 0 Å². The van der Waals surface area contributed by atoms with Crippen molar-refractivity contribution in [2.75, 3.05) is 19.0 Å². The van der Waals surface area contributed by atoms with Gasteiger partial charge >= 0.3 is 5.97 Å². The number of methoxy groups -OCH3 is 1. The van der Waals surface area contributed by atoms with Crippen molar-refractivity contribution >= 4 is 29.3 Å². The number of hydrogen-bond acceptors (Lipinski definition) is 6. The number of carbonyl (C=O) groups excluding carboxylic acids is 2. The molecule has 0 fully saturated rings. The van der Waals surface area contributed by atoms with Gasteiger partial charge in [-0.3, -0.25) is 9.59 Å². The molecule has 1 aromatic carbocycles. The lowest BCUT2D eigenvalue weighted by molar-refractivity contribution is -0.147. The van der Waals surface area contributed by atoms with Gasteiger partial charge in [0.05, 0.1) is 13.7 Å². The number of carbonyl (C=O) groups is 2. The topological polar surface area (TPSA) is 90.4 Å². The highest BCUT2D eigenvalue weighted by molar-refractivity contribution is 6.29. The Morgan fingerprint density at radius 3 is 2.47 bits per heavy atom. The zero-order chi connectivity index (χ0) is 23.1. The second-order valence-corrected chi connectivity index (χ2v) is 7.44. The van der Waals surface area contributed by atoms with E-state index in [-0.39, 0.29) is 6.61 Å². The molecule has 1 N–H and O–H groups in total. The summed E-state index contributed by atoms with van der Waals surface area (Å²) < 4.78 is 10.3. The first-order valence-electron chi connectivity index (χ1n) is 10.1. The van der Waals surface area contributed by atoms with E-state index >= 15 is 0 Å². The van der Waals surface area contributed by atoms with Crippen LogP contribution in [-0.4, -0.2) is 35.6 Å². The molecular weight excluding hydrogens is 430 g/mol. The number of ether oxygens (including phenoxy) is 2. The Kier molecular flexibility index (Phi) is 7.78. The van der Waals surface area contributed by atoms with Crippen LogP contribution in [0, 0.1) is 6.92 Å². The quantitative estimate of drug-likeness (QED) is 0.310. The molecule has 0 aliphatic heterocycles. The summed E-state index contributed by atoms with van der Waals surface area (Å²) in [7, 11) is 1.55. The SMILES string of the molecule is CCOC(=O)C(C(=O)Nc1nccc(Cc2ccc(Cl)nc2)c1C)c1ccc(OC)cc1. The van der Waals surface area contributed by atoms with Crippen molar-refractivity contribution in [3.8, 4) is 5.75 Å². The van der Waals surface area contributed by atoms with Crippen molar-refractivity contribution in [3.63, 3.8) is 0 Å². The maximum atomic E-state index is 13.1. The van der Waals surface area contributed by atoms with Crippen LogP contribution >= 0.6 is 11.6 Å². The van der Waals surface area contributed by atoms with E-state index in [0.29, 0.717) is 28.7 Å². The van der Waals surface area contributed by atoms with Crippen LogP contribution in [0.5, 0.6) is 5.75 Å². The highest BCUT2D eigenvalue weighted by atomic mass is 35.5. The third-order valence-electron chi connectivity index (χ3n) is 4.97. The average Bonchev–Trinajstić information content (AvgIpc) is 2.79. The van der Waals surface area contributed by atoms with E-state index in [1.807, 2.05) is 19.1 Å². The van der Waals surface area contributed by atoms with E-state index in [0.717, 1.165) is 16.7 Å². The number of aromatic nitrogens is 2. The van der Waals surface area contributed by atoms with Crippen molar-refractivity contribution in [3.05, 3.63) is 82.3 Å². The first-order chi connectivity index (χ1) is 15.4. The molecule has 2 heterocycles. The smallest absolute Gasteiger partial charge is 0.323 e. The van der Waals surface area contributed by atoms with Crippen LogP contribution in [0.4, 0.5) is 5.82 Å². The van der Waals surface area contributed by atoms with Crippen molar-refractivity contribution in [1.82, 2.24) is 9.97 Å². The fourth-order valence-electron chi connectivity index (χ4n) is 3.23. The fourth-order valence-corrected chi connectivity index (χ4v) is 3.34. The lowest BCUT2D eigenvalue weighted by atomic mass is 9.97. The Labute approximate surface area is 191 Å². The summed E-state index contributed by atoms with van der Waals surface area (Å²) in [5.41, 5.74) is 3.25. The van der Waals surface area contributed by atoms with Crippen molar-refractivity contribution in [2.45, 2.75) is 26.2 Å². The average molecular weight is 454 g/mol. The number of esters is 1. The van der Waals surface area contributed by atoms with E-state index < -0.39 is 17.8 Å².